The van der Waals surface area contributed by atoms with E-state index >= 15 is 0 Å². The van der Waals surface area contributed by atoms with Crippen molar-refractivity contribution in [3.05, 3.63) is 41.6 Å². The molecule has 0 saturated heterocycles. The van der Waals surface area contributed by atoms with Crippen molar-refractivity contribution in [2.24, 2.45) is 0 Å². The van der Waals surface area contributed by atoms with Crippen LogP contribution >= 0.6 is 11.5 Å². The van der Waals surface area contributed by atoms with E-state index in [9.17, 15) is 13.2 Å². The minimum atomic E-state index is -4.61. The molecule has 0 amide bonds. The standard InChI is InChI=1S/C11H6F3N3S/c12-11(13,14)9-8(6-15)10(18-17-9)16-7-4-2-1-3-5-7/h1-5,16H. The zero-order valence-corrected chi connectivity index (χ0v) is 9.64. The van der Waals surface area contributed by atoms with Gasteiger partial charge in [-0.2, -0.15) is 22.8 Å². The van der Waals surface area contributed by atoms with Crippen LogP contribution in [0.1, 0.15) is 11.3 Å². The lowest BCUT2D eigenvalue weighted by atomic mass is 10.2. The first-order chi connectivity index (χ1) is 8.52. The minimum Gasteiger partial charge on any atom is -0.345 e. The second-order valence-corrected chi connectivity index (χ2v) is 4.11. The molecule has 1 aromatic heterocycles. The smallest absolute Gasteiger partial charge is 0.345 e. The predicted molar refractivity (Wildman–Crippen MR) is 61.6 cm³/mol. The SMILES string of the molecule is N#Cc1c(C(F)(F)F)nsc1Nc1ccccc1. The van der Waals surface area contributed by atoms with Gasteiger partial charge in [-0.3, -0.25) is 0 Å². The lowest BCUT2D eigenvalue weighted by molar-refractivity contribution is -0.140. The van der Waals surface area contributed by atoms with Gasteiger partial charge in [0.25, 0.3) is 0 Å². The van der Waals surface area contributed by atoms with Crippen LogP contribution in [0.2, 0.25) is 0 Å². The maximum atomic E-state index is 12.6. The van der Waals surface area contributed by atoms with Crippen molar-refractivity contribution in [2.75, 3.05) is 5.32 Å². The summed E-state index contributed by atoms with van der Waals surface area (Å²) in [5.41, 5.74) is -1.02. The number of nitriles is 1. The highest BCUT2D eigenvalue weighted by atomic mass is 32.1. The van der Waals surface area contributed by atoms with Crippen molar-refractivity contribution in [1.82, 2.24) is 4.37 Å². The molecule has 1 aromatic carbocycles. The molecule has 2 aromatic rings. The van der Waals surface area contributed by atoms with Crippen LogP contribution in [0.25, 0.3) is 0 Å². The van der Waals surface area contributed by atoms with Crippen molar-refractivity contribution in [2.45, 2.75) is 6.18 Å². The molecular formula is C11H6F3N3S. The molecule has 7 heteroatoms. The first-order valence-electron chi connectivity index (χ1n) is 4.81. The Morgan fingerprint density at radius 1 is 1.22 bits per heavy atom. The maximum Gasteiger partial charge on any atom is 0.435 e. The molecule has 0 bridgehead atoms. The van der Waals surface area contributed by atoms with Gasteiger partial charge in [0.2, 0.25) is 0 Å². The molecule has 18 heavy (non-hydrogen) atoms. The molecule has 0 saturated carbocycles. The Balaban J connectivity index is 2.37. The van der Waals surface area contributed by atoms with Gasteiger partial charge in [-0.25, -0.2) is 0 Å². The van der Waals surface area contributed by atoms with E-state index in [0.29, 0.717) is 17.2 Å². The van der Waals surface area contributed by atoms with Crippen molar-refractivity contribution < 1.29 is 13.2 Å². The highest BCUT2D eigenvalue weighted by Gasteiger charge is 2.38. The van der Waals surface area contributed by atoms with Gasteiger partial charge in [0.1, 0.15) is 16.6 Å². The molecule has 0 aliphatic rings. The normalized spacial score (nSPS) is 11.0. The molecule has 0 aliphatic heterocycles. The summed E-state index contributed by atoms with van der Waals surface area (Å²) in [6.45, 7) is 0. The number of hydrogen-bond donors (Lipinski definition) is 1. The number of halogens is 3. The van der Waals surface area contributed by atoms with E-state index in [4.69, 9.17) is 5.26 Å². The molecule has 0 atom stereocenters. The molecule has 0 unspecified atom stereocenters. The number of nitrogens with zero attached hydrogens (tertiary/aromatic N) is 2. The summed E-state index contributed by atoms with van der Waals surface area (Å²) in [5, 5.41) is 11.6. The highest BCUT2D eigenvalue weighted by Crippen LogP contribution is 2.37. The van der Waals surface area contributed by atoms with Crippen LogP contribution in [0.15, 0.2) is 30.3 Å². The second-order valence-electron chi connectivity index (χ2n) is 3.34. The minimum absolute atomic E-state index is 0.0935. The third kappa shape index (κ3) is 2.43. The van der Waals surface area contributed by atoms with Gasteiger partial charge in [0.15, 0.2) is 5.69 Å². The zero-order valence-electron chi connectivity index (χ0n) is 8.82. The van der Waals surface area contributed by atoms with Crippen LogP contribution in [0, 0.1) is 11.3 Å². The van der Waals surface area contributed by atoms with Gasteiger partial charge in [0.05, 0.1) is 0 Å². The average Bonchev–Trinajstić information content (AvgIpc) is 2.73. The summed E-state index contributed by atoms with van der Waals surface area (Å²) in [4.78, 5) is 0. The fourth-order valence-electron chi connectivity index (χ4n) is 1.33. The number of benzene rings is 1. The fourth-order valence-corrected chi connectivity index (χ4v) is 2.10. The van der Waals surface area contributed by atoms with E-state index in [1.165, 1.54) is 6.07 Å². The summed E-state index contributed by atoms with van der Waals surface area (Å²) < 4.78 is 40.9. The molecule has 1 heterocycles. The number of rotatable bonds is 2. The largest absolute Gasteiger partial charge is 0.435 e. The molecule has 0 fully saturated rings. The highest BCUT2D eigenvalue weighted by molar-refractivity contribution is 7.10. The second kappa shape index (κ2) is 4.66. The van der Waals surface area contributed by atoms with E-state index in [0.717, 1.165) is 0 Å². The van der Waals surface area contributed by atoms with Crippen LogP contribution in [0.4, 0.5) is 23.9 Å². The molecule has 0 radical (unpaired) electrons. The van der Waals surface area contributed by atoms with Crippen LogP contribution < -0.4 is 5.32 Å². The quantitative estimate of drug-likeness (QED) is 0.902. The molecule has 92 valence electrons. The summed E-state index contributed by atoms with van der Waals surface area (Å²) in [5.74, 6) is 0. The third-order valence-electron chi connectivity index (χ3n) is 2.10. The molecule has 0 aliphatic carbocycles. The van der Waals surface area contributed by atoms with E-state index in [1.54, 1.807) is 30.3 Å². The first-order valence-corrected chi connectivity index (χ1v) is 5.58. The lowest BCUT2D eigenvalue weighted by Crippen LogP contribution is -2.07. The van der Waals surface area contributed by atoms with Crippen LogP contribution in [-0.2, 0) is 6.18 Å². The van der Waals surface area contributed by atoms with Gasteiger partial charge in [-0.15, -0.1) is 0 Å². The van der Waals surface area contributed by atoms with E-state index < -0.39 is 17.4 Å². The molecule has 2 rings (SSSR count). The van der Waals surface area contributed by atoms with Crippen molar-refractivity contribution in [3.63, 3.8) is 0 Å². The first kappa shape index (κ1) is 12.4. The Labute approximate surface area is 105 Å². The number of aromatic nitrogens is 1. The van der Waals surface area contributed by atoms with Crippen molar-refractivity contribution in [3.8, 4) is 6.07 Å². The number of nitrogens with one attached hydrogen (secondary N) is 1. The summed E-state index contributed by atoms with van der Waals surface area (Å²) >= 11 is 0.619. The summed E-state index contributed by atoms with van der Waals surface area (Å²) in [6, 6.07) is 10.2. The number of anilines is 2. The number of hydrogen-bond acceptors (Lipinski definition) is 4. The fraction of sp³-hybridized carbons (Fsp3) is 0.0909. The van der Waals surface area contributed by atoms with Crippen molar-refractivity contribution >= 4 is 22.2 Å². The van der Waals surface area contributed by atoms with Gasteiger partial charge in [0, 0.05) is 5.69 Å². The predicted octanol–water partition coefficient (Wildman–Crippen LogP) is 3.78. The Morgan fingerprint density at radius 2 is 1.89 bits per heavy atom. The van der Waals surface area contributed by atoms with Gasteiger partial charge < -0.3 is 5.32 Å². The van der Waals surface area contributed by atoms with Gasteiger partial charge in [-0.05, 0) is 23.7 Å². The van der Waals surface area contributed by atoms with Crippen LogP contribution in [0.5, 0.6) is 0 Å². The Morgan fingerprint density at radius 3 is 2.44 bits per heavy atom. The van der Waals surface area contributed by atoms with Crippen LogP contribution in [0.3, 0.4) is 0 Å². The Bertz CT molecular complexity index is 584. The molecule has 0 spiro atoms. The Kier molecular flexibility index (Phi) is 3.21. The van der Waals surface area contributed by atoms with E-state index in [2.05, 4.69) is 9.69 Å². The molecule has 3 nitrogen and oxygen atoms in total. The molecular weight excluding hydrogens is 263 g/mol. The average molecular weight is 269 g/mol. The topological polar surface area (TPSA) is 48.7 Å². The van der Waals surface area contributed by atoms with Gasteiger partial charge in [-0.1, -0.05) is 18.2 Å². The monoisotopic (exact) mass is 269 g/mol. The number of para-hydroxylation sites is 1. The van der Waals surface area contributed by atoms with E-state index in [-0.39, 0.29) is 5.00 Å². The third-order valence-corrected chi connectivity index (χ3v) is 2.87. The zero-order chi connectivity index (χ0) is 13.2. The van der Waals surface area contributed by atoms with Gasteiger partial charge >= 0.3 is 6.18 Å². The van der Waals surface area contributed by atoms with E-state index in [1.807, 2.05) is 0 Å². The number of alkyl halides is 3. The van der Waals surface area contributed by atoms with Crippen molar-refractivity contribution in [1.29, 1.82) is 5.26 Å². The summed E-state index contributed by atoms with van der Waals surface area (Å²) in [7, 11) is 0. The lowest BCUT2D eigenvalue weighted by Gasteiger charge is -2.04. The van der Waals surface area contributed by atoms with Crippen LogP contribution in [-0.4, -0.2) is 4.37 Å². The summed E-state index contributed by atoms with van der Waals surface area (Å²) in [6.07, 6.45) is -4.61. The Hall–Kier alpha value is -2.07. The maximum absolute atomic E-state index is 12.6. The molecule has 1 N–H and O–H groups in total.